The van der Waals surface area contributed by atoms with Crippen LogP contribution in [0.15, 0.2) is 0 Å². The third kappa shape index (κ3) is 2.06. The van der Waals surface area contributed by atoms with Crippen molar-refractivity contribution in [1.29, 1.82) is 0 Å². The normalized spacial score (nSPS) is 29.2. The summed E-state index contributed by atoms with van der Waals surface area (Å²) in [5.74, 6) is 0. The van der Waals surface area contributed by atoms with Gasteiger partial charge in [-0.3, -0.25) is 3.53 Å². The Kier molecular flexibility index (Phi) is 2.69. The summed E-state index contributed by atoms with van der Waals surface area (Å²) in [5.41, 5.74) is 0. The van der Waals surface area contributed by atoms with Gasteiger partial charge in [-0.1, -0.05) is 0 Å². The zero-order valence-corrected chi connectivity index (χ0v) is 8.88. The summed E-state index contributed by atoms with van der Waals surface area (Å²) in [6.45, 7) is 2.65. The molecule has 1 aliphatic heterocycles. The van der Waals surface area contributed by atoms with Gasteiger partial charge in [0.1, 0.15) is 0 Å². The first-order valence-electron chi connectivity index (χ1n) is 4.50. The smallest absolute Gasteiger partial charge is 0.0187 e. The van der Waals surface area contributed by atoms with E-state index in [4.69, 9.17) is 0 Å². The van der Waals surface area contributed by atoms with E-state index in [1.54, 1.807) is 0 Å². The van der Waals surface area contributed by atoms with Crippen LogP contribution < -0.4 is 3.53 Å². The predicted octanol–water partition coefficient (Wildman–Crippen LogP) is 1.55. The molecule has 0 bridgehead atoms. The van der Waals surface area contributed by atoms with Gasteiger partial charge >= 0.3 is 0 Å². The lowest BCUT2D eigenvalue weighted by molar-refractivity contribution is 0.201. The van der Waals surface area contributed by atoms with Crippen molar-refractivity contribution in [3.05, 3.63) is 0 Å². The van der Waals surface area contributed by atoms with Gasteiger partial charge in [0.05, 0.1) is 0 Å². The van der Waals surface area contributed by atoms with Crippen molar-refractivity contribution in [2.75, 3.05) is 13.1 Å². The minimum absolute atomic E-state index is 0.783. The van der Waals surface area contributed by atoms with Gasteiger partial charge in [0.25, 0.3) is 0 Å². The second-order valence-corrected chi connectivity index (χ2v) is 4.27. The summed E-state index contributed by atoms with van der Waals surface area (Å²) >= 11 is 2.28. The molecule has 11 heavy (non-hydrogen) atoms. The number of likely N-dealkylation sites (tertiary alicyclic amines) is 1. The van der Waals surface area contributed by atoms with Crippen LogP contribution in [0.5, 0.6) is 0 Å². The Morgan fingerprint density at radius 1 is 1.09 bits per heavy atom. The van der Waals surface area contributed by atoms with E-state index in [-0.39, 0.29) is 0 Å². The van der Waals surface area contributed by atoms with E-state index in [0.29, 0.717) is 0 Å². The third-order valence-electron chi connectivity index (χ3n) is 2.75. The molecule has 1 saturated heterocycles. The Hall–Kier alpha value is 0.650. The van der Waals surface area contributed by atoms with Crippen LogP contribution in [0.3, 0.4) is 0 Å². The Morgan fingerprint density at radius 2 is 1.73 bits per heavy atom. The van der Waals surface area contributed by atoms with Crippen LogP contribution in [0.25, 0.3) is 0 Å². The maximum Gasteiger partial charge on any atom is 0.0187 e. The molecule has 0 amide bonds. The molecule has 2 nitrogen and oxygen atoms in total. The van der Waals surface area contributed by atoms with Gasteiger partial charge < -0.3 is 4.90 Å². The quantitative estimate of drug-likeness (QED) is 0.602. The van der Waals surface area contributed by atoms with E-state index < -0.39 is 0 Å². The standard InChI is InChI=1S/C8H15IN2/c9-10-7-3-5-11(6-4-7)8-1-2-8/h7-8,10H,1-6H2. The van der Waals surface area contributed by atoms with Gasteiger partial charge in [0.2, 0.25) is 0 Å². The van der Waals surface area contributed by atoms with Gasteiger partial charge in [-0.2, -0.15) is 0 Å². The second-order valence-electron chi connectivity index (χ2n) is 3.65. The first-order chi connectivity index (χ1) is 5.40. The molecule has 2 aliphatic rings. The molecule has 0 aromatic rings. The highest BCUT2D eigenvalue weighted by molar-refractivity contribution is 14.1. The van der Waals surface area contributed by atoms with Crippen LogP contribution >= 0.6 is 22.9 Å². The number of piperidine rings is 1. The zero-order valence-electron chi connectivity index (χ0n) is 6.72. The molecular formula is C8H15IN2. The van der Waals surface area contributed by atoms with Crippen LogP contribution in [-0.4, -0.2) is 30.1 Å². The highest BCUT2D eigenvalue weighted by Crippen LogP contribution is 2.29. The zero-order chi connectivity index (χ0) is 7.68. The van der Waals surface area contributed by atoms with E-state index in [1.165, 1.54) is 38.8 Å². The number of halogens is 1. The number of hydrogen-bond acceptors (Lipinski definition) is 2. The van der Waals surface area contributed by atoms with Gasteiger partial charge in [0.15, 0.2) is 0 Å². The van der Waals surface area contributed by atoms with E-state index in [0.717, 1.165) is 12.1 Å². The number of nitrogens with zero attached hydrogens (tertiary/aromatic N) is 1. The van der Waals surface area contributed by atoms with Crippen molar-refractivity contribution < 1.29 is 0 Å². The molecule has 0 spiro atoms. The van der Waals surface area contributed by atoms with Crippen LogP contribution in [0.4, 0.5) is 0 Å². The minimum atomic E-state index is 0.783. The summed E-state index contributed by atoms with van der Waals surface area (Å²) in [6, 6.07) is 1.76. The molecule has 64 valence electrons. The van der Waals surface area contributed by atoms with E-state index >= 15 is 0 Å². The number of rotatable bonds is 2. The van der Waals surface area contributed by atoms with E-state index in [2.05, 4.69) is 31.3 Å². The SMILES string of the molecule is INC1CCN(C2CC2)CC1. The number of nitrogens with one attached hydrogen (secondary N) is 1. The van der Waals surface area contributed by atoms with Crippen LogP contribution in [0, 0.1) is 0 Å². The minimum Gasteiger partial charge on any atom is -0.300 e. The fourth-order valence-corrected chi connectivity index (χ4v) is 2.44. The van der Waals surface area contributed by atoms with Gasteiger partial charge in [-0.25, -0.2) is 0 Å². The average molecular weight is 266 g/mol. The van der Waals surface area contributed by atoms with Crippen molar-refractivity contribution in [3.8, 4) is 0 Å². The summed E-state index contributed by atoms with van der Waals surface area (Å²) in [6.07, 6.45) is 5.61. The molecule has 0 aromatic carbocycles. The molecule has 1 N–H and O–H groups in total. The second kappa shape index (κ2) is 3.58. The molecule has 0 unspecified atom stereocenters. The molecule has 1 heterocycles. The predicted molar refractivity (Wildman–Crippen MR) is 54.8 cm³/mol. The van der Waals surface area contributed by atoms with Crippen LogP contribution in [-0.2, 0) is 0 Å². The van der Waals surface area contributed by atoms with Gasteiger partial charge in [-0.15, -0.1) is 0 Å². The average Bonchev–Trinajstić information content (AvgIpc) is 2.87. The van der Waals surface area contributed by atoms with E-state index in [9.17, 15) is 0 Å². The van der Waals surface area contributed by atoms with Crippen molar-refractivity contribution in [2.45, 2.75) is 37.8 Å². The summed E-state index contributed by atoms with van der Waals surface area (Å²) in [4.78, 5) is 2.66. The van der Waals surface area contributed by atoms with Crippen molar-refractivity contribution in [3.63, 3.8) is 0 Å². The fraction of sp³-hybridized carbons (Fsp3) is 1.00. The maximum absolute atomic E-state index is 3.33. The van der Waals surface area contributed by atoms with Gasteiger partial charge in [-0.05, 0) is 38.8 Å². The molecule has 3 heteroatoms. The molecule has 2 rings (SSSR count). The van der Waals surface area contributed by atoms with Crippen LogP contribution in [0.2, 0.25) is 0 Å². The Balaban J connectivity index is 1.75. The summed E-state index contributed by atoms with van der Waals surface area (Å²) in [7, 11) is 0. The van der Waals surface area contributed by atoms with E-state index in [1.807, 2.05) is 0 Å². The van der Waals surface area contributed by atoms with Crippen molar-refractivity contribution >= 4 is 22.9 Å². The monoisotopic (exact) mass is 266 g/mol. The van der Waals surface area contributed by atoms with Crippen molar-refractivity contribution in [1.82, 2.24) is 8.43 Å². The molecule has 0 aromatic heterocycles. The van der Waals surface area contributed by atoms with Crippen LogP contribution in [0.1, 0.15) is 25.7 Å². The molecule has 1 aliphatic carbocycles. The Bertz CT molecular complexity index is 128. The third-order valence-corrected chi connectivity index (χ3v) is 3.63. The first kappa shape index (κ1) is 8.26. The van der Waals surface area contributed by atoms with Crippen molar-refractivity contribution in [2.24, 2.45) is 0 Å². The first-order valence-corrected chi connectivity index (χ1v) is 5.58. The largest absolute Gasteiger partial charge is 0.300 e. The fourth-order valence-electron chi connectivity index (χ4n) is 1.81. The highest BCUT2D eigenvalue weighted by Gasteiger charge is 2.31. The maximum atomic E-state index is 3.33. The Labute approximate surface area is 82.2 Å². The lowest BCUT2D eigenvalue weighted by Crippen LogP contribution is -2.40. The molecular weight excluding hydrogens is 251 g/mol. The molecule has 0 radical (unpaired) electrons. The summed E-state index contributed by atoms with van der Waals surface area (Å²) in [5, 5.41) is 0. The highest BCUT2D eigenvalue weighted by atomic mass is 127. The van der Waals surface area contributed by atoms with Gasteiger partial charge in [0, 0.05) is 34.9 Å². The Morgan fingerprint density at radius 3 is 2.18 bits per heavy atom. The molecule has 0 atom stereocenters. The lowest BCUT2D eigenvalue weighted by atomic mass is 10.1. The summed E-state index contributed by atoms with van der Waals surface area (Å²) < 4.78 is 3.33. The lowest BCUT2D eigenvalue weighted by Gasteiger charge is -2.31. The number of hydrogen-bond donors (Lipinski definition) is 1. The molecule has 1 saturated carbocycles. The topological polar surface area (TPSA) is 15.3 Å². The molecule has 2 fully saturated rings.